The number of amides is 1. The smallest absolute Gasteiger partial charge is 0.337 e. The number of hydrogen-bond donors (Lipinski definition) is 2. The summed E-state index contributed by atoms with van der Waals surface area (Å²) in [5.41, 5.74) is 0.826. The third kappa shape index (κ3) is 5.44. The Hall–Kier alpha value is 0.400. The van der Waals surface area contributed by atoms with Gasteiger partial charge in [0.1, 0.15) is 18.4 Å². The molecule has 0 bridgehead atoms. The SMILES string of the molecule is O=C(CCl)Nc1c(I)c(COC(=O)CCl)c(I)c(C(=O)O)c1I. The van der Waals surface area contributed by atoms with Crippen LogP contribution in [0.4, 0.5) is 5.69 Å². The van der Waals surface area contributed by atoms with Crippen LogP contribution in [0.15, 0.2) is 0 Å². The molecular formula is C12H8Cl2I3NO5. The van der Waals surface area contributed by atoms with Crippen molar-refractivity contribution < 1.29 is 24.2 Å². The molecule has 0 aliphatic rings. The van der Waals surface area contributed by atoms with Gasteiger partial charge < -0.3 is 15.2 Å². The molecule has 0 spiro atoms. The van der Waals surface area contributed by atoms with E-state index in [4.69, 9.17) is 27.9 Å². The highest BCUT2D eigenvalue weighted by molar-refractivity contribution is 14.1. The number of carbonyl (C=O) groups excluding carboxylic acids is 2. The monoisotopic (exact) mass is 697 g/mol. The summed E-state index contributed by atoms with van der Waals surface area (Å²) >= 11 is 16.5. The highest BCUT2D eigenvalue weighted by Gasteiger charge is 2.25. The highest BCUT2D eigenvalue weighted by atomic mass is 127. The Bertz CT molecular complexity index is 669. The number of aromatic carboxylic acids is 1. The molecule has 2 N–H and O–H groups in total. The first-order valence-electron chi connectivity index (χ1n) is 5.74. The molecule has 1 aromatic rings. The van der Waals surface area contributed by atoms with E-state index in [1.54, 1.807) is 0 Å². The molecule has 0 aromatic heterocycles. The van der Waals surface area contributed by atoms with Crippen molar-refractivity contribution in [2.75, 3.05) is 17.1 Å². The number of alkyl halides is 2. The summed E-state index contributed by atoms with van der Waals surface area (Å²) in [7, 11) is 0. The summed E-state index contributed by atoms with van der Waals surface area (Å²) in [5, 5.41) is 12.0. The van der Waals surface area contributed by atoms with Gasteiger partial charge in [0.15, 0.2) is 0 Å². The fourth-order valence-corrected chi connectivity index (χ4v) is 5.86. The number of esters is 1. The average Bonchev–Trinajstić information content (AvgIpc) is 2.50. The minimum atomic E-state index is -1.15. The van der Waals surface area contributed by atoms with E-state index >= 15 is 0 Å². The van der Waals surface area contributed by atoms with Crippen molar-refractivity contribution in [3.05, 3.63) is 21.8 Å². The van der Waals surface area contributed by atoms with Crippen molar-refractivity contribution in [3.8, 4) is 0 Å². The van der Waals surface area contributed by atoms with E-state index in [0.717, 1.165) is 0 Å². The van der Waals surface area contributed by atoms with Gasteiger partial charge in [0, 0.05) is 12.7 Å². The highest BCUT2D eigenvalue weighted by Crippen LogP contribution is 2.36. The first kappa shape index (κ1) is 21.4. The van der Waals surface area contributed by atoms with Crippen LogP contribution in [-0.4, -0.2) is 34.7 Å². The van der Waals surface area contributed by atoms with Crippen LogP contribution in [0.2, 0.25) is 0 Å². The topological polar surface area (TPSA) is 92.7 Å². The summed E-state index contributed by atoms with van der Waals surface area (Å²) in [6.45, 7) is -0.150. The van der Waals surface area contributed by atoms with Gasteiger partial charge in [-0.25, -0.2) is 4.79 Å². The fourth-order valence-electron chi connectivity index (χ4n) is 1.50. The van der Waals surface area contributed by atoms with Gasteiger partial charge >= 0.3 is 11.9 Å². The van der Waals surface area contributed by atoms with Gasteiger partial charge in [0.2, 0.25) is 5.91 Å². The predicted molar refractivity (Wildman–Crippen MR) is 111 cm³/mol. The van der Waals surface area contributed by atoms with E-state index in [1.165, 1.54) is 0 Å². The second-order valence-electron chi connectivity index (χ2n) is 3.95. The normalized spacial score (nSPS) is 10.3. The number of halogens is 5. The summed E-state index contributed by atoms with van der Waals surface area (Å²) < 4.78 is 6.35. The number of nitrogens with one attached hydrogen (secondary N) is 1. The Kier molecular flexibility index (Phi) is 9.11. The molecule has 0 saturated carbocycles. The van der Waals surface area contributed by atoms with Crippen molar-refractivity contribution in [2.24, 2.45) is 0 Å². The molecule has 0 saturated heterocycles. The van der Waals surface area contributed by atoms with Gasteiger partial charge in [-0.2, -0.15) is 0 Å². The number of carboxylic acid groups (broad SMARTS) is 1. The van der Waals surface area contributed by atoms with Crippen LogP contribution >= 0.6 is 91.0 Å². The van der Waals surface area contributed by atoms with Crippen LogP contribution in [0.25, 0.3) is 0 Å². The zero-order chi connectivity index (χ0) is 17.7. The second-order valence-corrected chi connectivity index (χ2v) is 7.72. The van der Waals surface area contributed by atoms with E-state index in [1.807, 2.05) is 67.8 Å². The number of benzene rings is 1. The molecule has 0 heterocycles. The number of rotatable bonds is 6. The molecule has 0 atom stereocenters. The Morgan fingerprint density at radius 1 is 1.04 bits per heavy atom. The van der Waals surface area contributed by atoms with Gasteiger partial charge in [0.25, 0.3) is 0 Å². The molecule has 0 unspecified atom stereocenters. The maximum Gasteiger partial charge on any atom is 0.337 e. The minimum Gasteiger partial charge on any atom is -0.478 e. The van der Waals surface area contributed by atoms with Crippen LogP contribution in [0, 0.1) is 10.7 Å². The van der Waals surface area contributed by atoms with E-state index in [2.05, 4.69) is 5.32 Å². The molecule has 0 aliphatic carbocycles. The second kappa shape index (κ2) is 9.77. The maximum absolute atomic E-state index is 11.6. The van der Waals surface area contributed by atoms with Crippen LogP contribution in [-0.2, 0) is 20.9 Å². The molecule has 126 valence electrons. The quantitative estimate of drug-likeness (QED) is 0.269. The Morgan fingerprint density at radius 2 is 1.65 bits per heavy atom. The van der Waals surface area contributed by atoms with Gasteiger partial charge in [-0.3, -0.25) is 9.59 Å². The molecule has 23 heavy (non-hydrogen) atoms. The molecule has 11 heteroatoms. The van der Waals surface area contributed by atoms with Gasteiger partial charge in [-0.05, 0) is 67.8 Å². The van der Waals surface area contributed by atoms with Gasteiger partial charge in [0.05, 0.1) is 14.8 Å². The molecule has 0 aliphatic heterocycles. The van der Waals surface area contributed by atoms with Crippen LogP contribution < -0.4 is 5.32 Å². The summed E-state index contributed by atoms with van der Waals surface area (Å²) in [6, 6.07) is 0. The van der Waals surface area contributed by atoms with E-state index in [-0.39, 0.29) is 23.9 Å². The van der Waals surface area contributed by atoms with Crippen molar-refractivity contribution in [1.29, 1.82) is 0 Å². The Balaban J connectivity index is 3.46. The van der Waals surface area contributed by atoms with Crippen molar-refractivity contribution in [3.63, 3.8) is 0 Å². The van der Waals surface area contributed by atoms with Crippen molar-refractivity contribution in [1.82, 2.24) is 0 Å². The minimum absolute atomic E-state index is 0.0217. The van der Waals surface area contributed by atoms with Gasteiger partial charge in [-0.1, -0.05) is 0 Å². The molecule has 1 aromatic carbocycles. The van der Waals surface area contributed by atoms with E-state index in [0.29, 0.717) is 22.0 Å². The third-order valence-corrected chi connectivity index (χ3v) is 6.41. The lowest BCUT2D eigenvalue weighted by Gasteiger charge is -2.18. The lowest BCUT2D eigenvalue weighted by molar-refractivity contribution is -0.141. The summed E-state index contributed by atoms with van der Waals surface area (Å²) in [6.07, 6.45) is 0. The summed E-state index contributed by atoms with van der Waals surface area (Å²) in [5.74, 6) is -2.82. The van der Waals surface area contributed by atoms with E-state index < -0.39 is 17.8 Å². The molecule has 1 rings (SSSR count). The fraction of sp³-hybridized carbons (Fsp3) is 0.250. The standard InChI is InChI=1S/C12H8Cl2I3NO5/c13-1-5(19)18-11-9(16)4(3-23-6(20)2-14)8(15)7(10(11)17)12(21)22/h1-3H2,(H,18,19)(H,21,22). The lowest BCUT2D eigenvalue weighted by Crippen LogP contribution is -2.19. The maximum atomic E-state index is 11.6. The molecule has 6 nitrogen and oxygen atoms in total. The largest absolute Gasteiger partial charge is 0.478 e. The molecular weight excluding hydrogens is 690 g/mol. The van der Waals surface area contributed by atoms with Crippen molar-refractivity contribution >= 4 is 115 Å². The van der Waals surface area contributed by atoms with Crippen LogP contribution in [0.3, 0.4) is 0 Å². The van der Waals surface area contributed by atoms with Crippen LogP contribution in [0.5, 0.6) is 0 Å². The lowest BCUT2D eigenvalue weighted by atomic mass is 10.1. The van der Waals surface area contributed by atoms with Gasteiger partial charge in [-0.15, -0.1) is 23.2 Å². The molecule has 1 amide bonds. The Morgan fingerprint density at radius 3 is 2.13 bits per heavy atom. The summed E-state index contributed by atoms with van der Waals surface area (Å²) in [4.78, 5) is 34.3. The third-order valence-electron chi connectivity index (χ3n) is 2.49. The average molecular weight is 698 g/mol. The van der Waals surface area contributed by atoms with Crippen LogP contribution in [0.1, 0.15) is 15.9 Å². The number of hydrogen-bond acceptors (Lipinski definition) is 4. The number of anilines is 1. The number of ether oxygens (including phenoxy) is 1. The zero-order valence-corrected chi connectivity index (χ0v) is 19.1. The first-order valence-corrected chi connectivity index (χ1v) is 10.0. The van der Waals surface area contributed by atoms with E-state index in [9.17, 15) is 19.5 Å². The van der Waals surface area contributed by atoms with Crippen molar-refractivity contribution in [2.45, 2.75) is 6.61 Å². The first-order chi connectivity index (χ1) is 10.7. The number of carboxylic acids is 1. The zero-order valence-electron chi connectivity index (χ0n) is 11.1. The number of carbonyl (C=O) groups is 3. The predicted octanol–water partition coefficient (Wildman–Crippen LogP) is 3.66. The Labute approximate surface area is 182 Å². The molecule has 0 radical (unpaired) electrons. The molecule has 0 fully saturated rings.